The number of anilines is 1. The number of para-hydroxylation sites is 1. The Labute approximate surface area is 156 Å². The molecule has 6 heteroatoms. The van der Waals surface area contributed by atoms with E-state index >= 15 is 0 Å². The summed E-state index contributed by atoms with van der Waals surface area (Å²) in [7, 11) is 0. The molecule has 1 amide bonds. The molecule has 1 saturated heterocycles. The maximum Gasteiger partial charge on any atom is 0.257 e. The third kappa shape index (κ3) is 3.22. The van der Waals surface area contributed by atoms with Gasteiger partial charge >= 0.3 is 0 Å². The molecule has 0 saturated carbocycles. The quantitative estimate of drug-likeness (QED) is 0.840. The Morgan fingerprint density at radius 1 is 1.16 bits per heavy atom. The van der Waals surface area contributed by atoms with Crippen molar-refractivity contribution in [3.05, 3.63) is 63.6 Å². The van der Waals surface area contributed by atoms with Crippen LogP contribution in [0.3, 0.4) is 0 Å². The number of rotatable bonds is 3. The highest BCUT2D eigenvalue weighted by molar-refractivity contribution is 6.42. The van der Waals surface area contributed by atoms with Crippen molar-refractivity contribution < 1.29 is 9.53 Å². The molecule has 4 nitrogen and oxygen atoms in total. The number of hydrogen-bond donors (Lipinski definition) is 1. The summed E-state index contributed by atoms with van der Waals surface area (Å²) < 4.78 is 5.75. The molecule has 4 rings (SSSR count). The zero-order valence-corrected chi connectivity index (χ0v) is 15.1. The second kappa shape index (κ2) is 6.87. The van der Waals surface area contributed by atoms with E-state index in [1.165, 1.54) is 0 Å². The Morgan fingerprint density at radius 3 is 2.76 bits per heavy atom. The summed E-state index contributed by atoms with van der Waals surface area (Å²) in [6.45, 7) is 1.30. The van der Waals surface area contributed by atoms with Crippen LogP contribution in [-0.4, -0.2) is 30.1 Å². The van der Waals surface area contributed by atoms with Crippen LogP contribution < -0.4 is 5.32 Å². The first-order valence-electron chi connectivity index (χ1n) is 8.36. The van der Waals surface area contributed by atoms with Gasteiger partial charge in [-0.05, 0) is 42.7 Å². The maximum atomic E-state index is 13.1. The molecule has 1 fully saturated rings. The first kappa shape index (κ1) is 16.7. The van der Waals surface area contributed by atoms with Gasteiger partial charge in [0.1, 0.15) is 6.17 Å². The largest absolute Gasteiger partial charge is 0.376 e. The lowest BCUT2D eigenvalue weighted by atomic mass is 10.0. The Balaban J connectivity index is 1.72. The molecule has 0 bridgehead atoms. The van der Waals surface area contributed by atoms with Crippen molar-refractivity contribution in [3.63, 3.8) is 0 Å². The van der Waals surface area contributed by atoms with Crippen LogP contribution in [0, 0.1) is 0 Å². The van der Waals surface area contributed by atoms with Gasteiger partial charge in [-0.3, -0.25) is 4.79 Å². The Morgan fingerprint density at radius 2 is 2.00 bits per heavy atom. The molecule has 1 N–H and O–H groups in total. The fraction of sp³-hybridized carbons (Fsp3) is 0.316. The molecule has 0 unspecified atom stereocenters. The number of carbonyl (C=O) groups excluding carboxylic acids is 1. The lowest BCUT2D eigenvalue weighted by molar-refractivity contribution is 0.0427. The fourth-order valence-electron chi connectivity index (χ4n) is 3.43. The SMILES string of the molecule is O=C1c2ccccc2N[C@H](c2ccc(Cl)c(Cl)c2)N1C[C@@H]1CCCO1. The van der Waals surface area contributed by atoms with Crippen molar-refractivity contribution in [2.45, 2.75) is 25.1 Å². The highest BCUT2D eigenvalue weighted by Gasteiger charge is 2.35. The van der Waals surface area contributed by atoms with Gasteiger partial charge in [-0.25, -0.2) is 0 Å². The molecule has 2 atom stereocenters. The van der Waals surface area contributed by atoms with Gasteiger partial charge in [0.25, 0.3) is 5.91 Å². The van der Waals surface area contributed by atoms with Gasteiger partial charge in [0.05, 0.1) is 21.7 Å². The highest BCUT2D eigenvalue weighted by atomic mass is 35.5. The first-order chi connectivity index (χ1) is 12.1. The van der Waals surface area contributed by atoms with Gasteiger partial charge < -0.3 is 15.0 Å². The summed E-state index contributed by atoms with van der Waals surface area (Å²) >= 11 is 12.3. The average Bonchev–Trinajstić information content (AvgIpc) is 3.13. The van der Waals surface area contributed by atoms with E-state index in [1.54, 1.807) is 6.07 Å². The summed E-state index contributed by atoms with van der Waals surface area (Å²) in [5, 5.41) is 4.44. The third-order valence-corrected chi connectivity index (χ3v) is 5.44. The monoisotopic (exact) mass is 376 g/mol. The smallest absolute Gasteiger partial charge is 0.257 e. The molecule has 0 aliphatic carbocycles. The lowest BCUT2D eigenvalue weighted by Crippen LogP contribution is -2.46. The minimum absolute atomic E-state index is 0.000854. The molecule has 0 aromatic heterocycles. The lowest BCUT2D eigenvalue weighted by Gasteiger charge is -2.39. The van der Waals surface area contributed by atoms with E-state index < -0.39 is 0 Å². The zero-order valence-electron chi connectivity index (χ0n) is 13.5. The number of amides is 1. The van der Waals surface area contributed by atoms with Crippen molar-refractivity contribution in [2.24, 2.45) is 0 Å². The van der Waals surface area contributed by atoms with Crippen LogP contribution in [0.25, 0.3) is 0 Å². The van der Waals surface area contributed by atoms with Crippen LogP contribution in [0.2, 0.25) is 10.0 Å². The predicted molar refractivity (Wildman–Crippen MR) is 99.3 cm³/mol. The molecule has 2 aliphatic heterocycles. The average molecular weight is 377 g/mol. The summed E-state index contributed by atoms with van der Waals surface area (Å²) in [5.74, 6) is 0.000854. The molecule has 2 heterocycles. The topological polar surface area (TPSA) is 41.6 Å². The van der Waals surface area contributed by atoms with E-state index in [2.05, 4.69) is 5.32 Å². The fourth-order valence-corrected chi connectivity index (χ4v) is 3.74. The maximum absolute atomic E-state index is 13.1. The molecule has 2 aliphatic rings. The van der Waals surface area contributed by atoms with Crippen LogP contribution in [0.1, 0.15) is 34.9 Å². The number of hydrogen-bond acceptors (Lipinski definition) is 3. The van der Waals surface area contributed by atoms with Gasteiger partial charge in [0.15, 0.2) is 0 Å². The summed E-state index contributed by atoms with van der Waals surface area (Å²) in [6, 6.07) is 13.0. The van der Waals surface area contributed by atoms with Crippen molar-refractivity contribution >= 4 is 34.8 Å². The Bertz CT molecular complexity index is 806. The summed E-state index contributed by atoms with van der Waals surface area (Å²) in [6.07, 6.45) is 1.77. The molecule has 0 spiro atoms. The summed E-state index contributed by atoms with van der Waals surface area (Å²) in [4.78, 5) is 14.9. The van der Waals surface area contributed by atoms with Crippen LogP contribution in [0.15, 0.2) is 42.5 Å². The molecule has 0 radical (unpaired) electrons. The zero-order chi connectivity index (χ0) is 17.4. The predicted octanol–water partition coefficient (Wildman–Crippen LogP) is 4.74. The van der Waals surface area contributed by atoms with Crippen LogP contribution in [0.5, 0.6) is 0 Å². The number of ether oxygens (including phenoxy) is 1. The van der Waals surface area contributed by atoms with E-state index in [-0.39, 0.29) is 18.2 Å². The van der Waals surface area contributed by atoms with Crippen molar-refractivity contribution in [3.8, 4) is 0 Å². The normalized spacial score (nSPS) is 22.6. The van der Waals surface area contributed by atoms with E-state index in [4.69, 9.17) is 27.9 Å². The molecule has 2 aromatic carbocycles. The van der Waals surface area contributed by atoms with Gasteiger partial charge in [-0.15, -0.1) is 0 Å². The first-order valence-corrected chi connectivity index (χ1v) is 9.12. The van der Waals surface area contributed by atoms with Crippen LogP contribution in [-0.2, 0) is 4.74 Å². The molecule has 2 aromatic rings. The van der Waals surface area contributed by atoms with E-state index in [0.29, 0.717) is 22.2 Å². The van der Waals surface area contributed by atoms with E-state index in [0.717, 1.165) is 30.7 Å². The highest BCUT2D eigenvalue weighted by Crippen LogP contribution is 2.36. The van der Waals surface area contributed by atoms with Crippen molar-refractivity contribution in [1.29, 1.82) is 0 Å². The van der Waals surface area contributed by atoms with Gasteiger partial charge in [-0.2, -0.15) is 0 Å². The number of carbonyl (C=O) groups is 1. The van der Waals surface area contributed by atoms with Crippen molar-refractivity contribution in [2.75, 3.05) is 18.5 Å². The van der Waals surface area contributed by atoms with Crippen LogP contribution in [0.4, 0.5) is 5.69 Å². The molecule has 25 heavy (non-hydrogen) atoms. The van der Waals surface area contributed by atoms with Crippen molar-refractivity contribution in [1.82, 2.24) is 4.90 Å². The molecular formula is C19H18Cl2N2O2. The number of fused-ring (bicyclic) bond motifs is 1. The second-order valence-corrected chi connectivity index (χ2v) is 7.17. The third-order valence-electron chi connectivity index (χ3n) is 4.71. The number of nitrogens with one attached hydrogen (secondary N) is 1. The number of benzene rings is 2. The summed E-state index contributed by atoms with van der Waals surface area (Å²) in [5.41, 5.74) is 2.40. The van der Waals surface area contributed by atoms with E-state index in [9.17, 15) is 4.79 Å². The minimum atomic E-state index is -0.304. The Hall–Kier alpha value is -1.75. The van der Waals surface area contributed by atoms with Gasteiger partial charge in [0, 0.05) is 18.8 Å². The van der Waals surface area contributed by atoms with Gasteiger partial charge in [0.2, 0.25) is 0 Å². The minimum Gasteiger partial charge on any atom is -0.376 e. The van der Waals surface area contributed by atoms with Gasteiger partial charge in [-0.1, -0.05) is 41.4 Å². The standard InChI is InChI=1S/C19H18Cl2N2O2/c20-15-8-7-12(10-16(15)21)18-22-17-6-2-1-5-14(17)19(24)23(18)11-13-4-3-9-25-13/h1-2,5-8,10,13,18,22H,3-4,9,11H2/t13-,18-/m0/s1. The molecular weight excluding hydrogens is 359 g/mol. The number of nitrogens with zero attached hydrogens (tertiary/aromatic N) is 1. The Kier molecular flexibility index (Phi) is 4.59. The molecule has 130 valence electrons. The second-order valence-electron chi connectivity index (χ2n) is 6.36. The van der Waals surface area contributed by atoms with Crippen LogP contribution >= 0.6 is 23.2 Å². The number of halogens is 2. The van der Waals surface area contributed by atoms with E-state index in [1.807, 2.05) is 41.3 Å².